The first-order chi connectivity index (χ1) is 4.61. The molecule has 1 fully saturated rings. The van der Waals surface area contributed by atoms with Crippen LogP contribution in [0.5, 0.6) is 0 Å². The number of amides is 1. The molecule has 0 aromatic carbocycles. The monoisotopic (exact) mass is 157 g/mol. The molecule has 10 heavy (non-hydrogen) atoms. The lowest BCUT2D eigenvalue weighted by Crippen LogP contribution is -2.11. The second kappa shape index (κ2) is 2.46. The highest BCUT2D eigenvalue weighted by molar-refractivity contribution is 8.27. The van der Waals surface area contributed by atoms with Gasteiger partial charge >= 0.3 is 0 Å². The smallest absolute Gasteiger partial charge is 0.291 e. The second-order valence-electron chi connectivity index (χ2n) is 2.18. The highest BCUT2D eigenvalue weighted by Crippen LogP contribution is 2.20. The summed E-state index contributed by atoms with van der Waals surface area (Å²) in [6, 6.07) is 0. The Bertz CT molecular complexity index is 228. The summed E-state index contributed by atoms with van der Waals surface area (Å²) < 4.78 is 0. The molecule has 54 valence electrons. The van der Waals surface area contributed by atoms with Gasteiger partial charge in [-0.05, 0) is 19.4 Å². The molecule has 0 aliphatic carbocycles. The van der Waals surface area contributed by atoms with Crippen LogP contribution < -0.4 is 5.32 Å². The number of allylic oxidation sites excluding steroid dienone is 1. The van der Waals surface area contributed by atoms with Gasteiger partial charge in [0, 0.05) is 11.8 Å². The number of hydrogen-bond acceptors (Lipinski definition) is 3. The highest BCUT2D eigenvalue weighted by atomic mass is 32.2. The first-order valence-electron chi connectivity index (χ1n) is 2.82. The van der Waals surface area contributed by atoms with Crippen LogP contribution in [0.3, 0.4) is 0 Å². The average Bonchev–Trinajstić information content (AvgIpc) is 2.10. The van der Waals surface area contributed by atoms with Gasteiger partial charge in [-0.15, -0.1) is 0 Å². The van der Waals surface area contributed by atoms with Crippen LogP contribution >= 0.6 is 11.8 Å². The van der Waals surface area contributed by atoms with Gasteiger partial charge in [-0.25, -0.2) is 0 Å². The Kier molecular flexibility index (Phi) is 1.80. The number of rotatable bonds is 0. The van der Waals surface area contributed by atoms with E-state index in [-0.39, 0.29) is 10.4 Å². The van der Waals surface area contributed by atoms with E-state index in [0.29, 0.717) is 17.5 Å². The summed E-state index contributed by atoms with van der Waals surface area (Å²) in [4.78, 5) is 21.4. The van der Waals surface area contributed by atoms with Gasteiger partial charge in [0.25, 0.3) is 5.24 Å². The van der Waals surface area contributed by atoms with Gasteiger partial charge in [-0.2, -0.15) is 0 Å². The third kappa shape index (κ3) is 1.21. The molecule has 0 atom stereocenters. The lowest BCUT2D eigenvalue weighted by atomic mass is 10.3. The molecule has 1 rings (SSSR count). The molecule has 1 N–H and O–H groups in total. The molecule has 1 amide bonds. The van der Waals surface area contributed by atoms with E-state index in [1.54, 1.807) is 13.8 Å². The molecule has 0 saturated carbocycles. The minimum Gasteiger partial charge on any atom is -0.313 e. The molecule has 0 aromatic rings. The average molecular weight is 157 g/mol. The van der Waals surface area contributed by atoms with Crippen LogP contribution in [0.2, 0.25) is 0 Å². The third-order valence-corrected chi connectivity index (χ3v) is 1.79. The first-order valence-corrected chi connectivity index (χ1v) is 3.63. The SMILES string of the molecule is CC(C)=C1NC(=O)SC1=O. The third-order valence-electron chi connectivity index (χ3n) is 1.12. The van der Waals surface area contributed by atoms with E-state index >= 15 is 0 Å². The number of thioether (sulfide) groups is 1. The normalized spacial score (nSPS) is 17.6. The Balaban J connectivity index is 2.93. The Labute approximate surface area is 62.9 Å². The Morgan fingerprint density at radius 1 is 1.40 bits per heavy atom. The Morgan fingerprint density at radius 2 is 2.00 bits per heavy atom. The van der Waals surface area contributed by atoms with E-state index in [2.05, 4.69) is 5.32 Å². The van der Waals surface area contributed by atoms with E-state index in [1.807, 2.05) is 0 Å². The van der Waals surface area contributed by atoms with E-state index in [0.717, 1.165) is 5.57 Å². The summed E-state index contributed by atoms with van der Waals surface area (Å²) in [6.45, 7) is 3.58. The molecule has 1 aliphatic heterocycles. The van der Waals surface area contributed by atoms with E-state index < -0.39 is 0 Å². The molecule has 0 spiro atoms. The van der Waals surface area contributed by atoms with Crippen LogP contribution in [0.1, 0.15) is 13.8 Å². The fourth-order valence-corrected chi connectivity index (χ4v) is 1.32. The standard InChI is InChI=1S/C6H7NO2S/c1-3(2)4-5(8)10-6(9)7-4/h1-2H3,(H,7,9). The summed E-state index contributed by atoms with van der Waals surface area (Å²) >= 11 is 0.710. The minimum atomic E-state index is -0.277. The van der Waals surface area contributed by atoms with Crippen molar-refractivity contribution in [1.82, 2.24) is 5.32 Å². The second-order valence-corrected chi connectivity index (χ2v) is 3.12. The van der Waals surface area contributed by atoms with Gasteiger partial charge in [-0.1, -0.05) is 0 Å². The molecule has 0 bridgehead atoms. The lowest BCUT2D eigenvalue weighted by Gasteiger charge is -1.94. The fraction of sp³-hybridized carbons (Fsp3) is 0.333. The van der Waals surface area contributed by atoms with Crippen molar-refractivity contribution in [2.24, 2.45) is 0 Å². The molecular weight excluding hydrogens is 150 g/mol. The Morgan fingerprint density at radius 3 is 2.20 bits per heavy atom. The molecule has 4 heteroatoms. The lowest BCUT2D eigenvalue weighted by molar-refractivity contribution is -0.107. The van der Waals surface area contributed by atoms with E-state index in [4.69, 9.17) is 0 Å². The summed E-state index contributed by atoms with van der Waals surface area (Å²) in [6.07, 6.45) is 0. The molecule has 0 unspecified atom stereocenters. The van der Waals surface area contributed by atoms with Gasteiger partial charge in [-0.3, -0.25) is 9.59 Å². The van der Waals surface area contributed by atoms with Gasteiger partial charge in [0.05, 0.1) is 5.70 Å². The van der Waals surface area contributed by atoms with Crippen LogP contribution in [0.15, 0.2) is 11.3 Å². The van der Waals surface area contributed by atoms with Crippen LogP contribution in [0, 0.1) is 0 Å². The van der Waals surface area contributed by atoms with Crippen LogP contribution in [-0.2, 0) is 4.79 Å². The van der Waals surface area contributed by atoms with Crippen LogP contribution in [-0.4, -0.2) is 10.4 Å². The molecule has 3 nitrogen and oxygen atoms in total. The zero-order chi connectivity index (χ0) is 7.72. The maximum absolute atomic E-state index is 10.8. The molecule has 1 aliphatic rings. The van der Waals surface area contributed by atoms with Crippen molar-refractivity contribution in [2.75, 3.05) is 0 Å². The minimum absolute atomic E-state index is 0.176. The quantitative estimate of drug-likeness (QED) is 0.538. The first kappa shape index (κ1) is 7.34. The zero-order valence-electron chi connectivity index (χ0n) is 5.72. The van der Waals surface area contributed by atoms with Gasteiger partial charge < -0.3 is 5.32 Å². The Hall–Kier alpha value is -0.770. The van der Waals surface area contributed by atoms with Crippen molar-refractivity contribution >= 4 is 22.1 Å². The van der Waals surface area contributed by atoms with E-state index in [1.165, 1.54) is 0 Å². The maximum atomic E-state index is 10.8. The van der Waals surface area contributed by atoms with Crippen molar-refractivity contribution in [3.63, 3.8) is 0 Å². The van der Waals surface area contributed by atoms with Gasteiger partial charge in [0.15, 0.2) is 0 Å². The summed E-state index contributed by atoms with van der Waals surface area (Å²) in [5.41, 5.74) is 1.29. The summed E-state index contributed by atoms with van der Waals surface area (Å²) in [5.74, 6) is 0. The zero-order valence-corrected chi connectivity index (χ0v) is 6.54. The number of hydrogen-bond donors (Lipinski definition) is 1. The molecule has 0 radical (unpaired) electrons. The van der Waals surface area contributed by atoms with Crippen molar-refractivity contribution in [2.45, 2.75) is 13.8 Å². The molecule has 1 saturated heterocycles. The fourth-order valence-electron chi connectivity index (χ4n) is 0.643. The topological polar surface area (TPSA) is 46.2 Å². The van der Waals surface area contributed by atoms with Gasteiger partial charge in [0.1, 0.15) is 0 Å². The number of nitrogens with one attached hydrogen (secondary N) is 1. The molecule has 0 aromatic heterocycles. The van der Waals surface area contributed by atoms with Crippen molar-refractivity contribution < 1.29 is 9.59 Å². The summed E-state index contributed by atoms with van der Waals surface area (Å²) in [7, 11) is 0. The van der Waals surface area contributed by atoms with E-state index in [9.17, 15) is 9.59 Å². The number of carbonyl (C=O) groups excluding carboxylic acids is 2. The predicted octanol–water partition coefficient (Wildman–Crippen LogP) is 1.26. The van der Waals surface area contributed by atoms with Crippen molar-refractivity contribution in [3.05, 3.63) is 11.3 Å². The largest absolute Gasteiger partial charge is 0.313 e. The molecule has 1 heterocycles. The summed E-state index contributed by atoms with van der Waals surface area (Å²) in [5, 5.41) is 2.00. The van der Waals surface area contributed by atoms with Crippen LogP contribution in [0.4, 0.5) is 4.79 Å². The van der Waals surface area contributed by atoms with Crippen molar-refractivity contribution in [3.8, 4) is 0 Å². The highest BCUT2D eigenvalue weighted by Gasteiger charge is 2.25. The van der Waals surface area contributed by atoms with Crippen molar-refractivity contribution in [1.29, 1.82) is 0 Å². The van der Waals surface area contributed by atoms with Gasteiger partial charge in [0.2, 0.25) is 5.12 Å². The van der Waals surface area contributed by atoms with Crippen LogP contribution in [0.25, 0.3) is 0 Å². The molecular formula is C6H7NO2S. The number of carbonyl (C=O) groups is 2. The predicted molar refractivity (Wildman–Crippen MR) is 39.5 cm³/mol. The maximum Gasteiger partial charge on any atom is 0.291 e.